The van der Waals surface area contributed by atoms with Crippen molar-refractivity contribution in [2.24, 2.45) is 10.7 Å². The second-order valence-electron chi connectivity index (χ2n) is 4.17. The van der Waals surface area contributed by atoms with Gasteiger partial charge in [0, 0.05) is 6.04 Å². The van der Waals surface area contributed by atoms with Gasteiger partial charge in [0.15, 0.2) is 5.96 Å². The van der Waals surface area contributed by atoms with Crippen LogP contribution in [0.25, 0.3) is 0 Å². The number of rotatable bonds is 3. The molecule has 4 nitrogen and oxygen atoms in total. The first-order valence-corrected chi connectivity index (χ1v) is 6.25. The Bertz CT molecular complexity index is 381. The lowest BCUT2D eigenvalue weighted by Crippen LogP contribution is -2.36. The Hall–Kier alpha value is -1.10. The molecule has 0 radical (unpaired) electrons. The fraction of sp³-hybridized carbons (Fsp3) is 0.636. The van der Waals surface area contributed by atoms with E-state index in [1.165, 1.54) is 4.88 Å². The number of thiazole rings is 1. The molecule has 0 saturated heterocycles. The molecule has 0 saturated carbocycles. The molecule has 16 heavy (non-hydrogen) atoms. The van der Waals surface area contributed by atoms with Crippen LogP contribution in [0.3, 0.4) is 0 Å². The highest BCUT2D eigenvalue weighted by atomic mass is 32.1. The van der Waals surface area contributed by atoms with Crippen molar-refractivity contribution in [3.05, 3.63) is 15.6 Å². The molecule has 0 aliphatic rings. The number of nitrogens with zero attached hydrogens (tertiary/aromatic N) is 2. The molecular formula is C11H20N4S. The molecule has 1 rings (SSSR count). The second kappa shape index (κ2) is 5.30. The minimum absolute atomic E-state index is 0.0671. The summed E-state index contributed by atoms with van der Waals surface area (Å²) in [6, 6.07) is 0.373. The molecule has 3 N–H and O–H groups in total. The van der Waals surface area contributed by atoms with Crippen LogP contribution in [-0.4, -0.2) is 17.0 Å². The first kappa shape index (κ1) is 13.0. The SMILES string of the molecule is Cc1nc(C)c(C(C)N=C(N)NC(C)C)s1. The van der Waals surface area contributed by atoms with Crippen molar-refractivity contribution >= 4 is 17.3 Å². The zero-order valence-electron chi connectivity index (χ0n) is 10.5. The maximum absolute atomic E-state index is 5.79. The van der Waals surface area contributed by atoms with Crippen molar-refractivity contribution in [1.29, 1.82) is 0 Å². The molecule has 1 aromatic rings. The second-order valence-corrected chi connectivity index (χ2v) is 5.41. The Kier molecular flexibility index (Phi) is 4.29. The zero-order chi connectivity index (χ0) is 12.3. The van der Waals surface area contributed by atoms with Gasteiger partial charge in [0.1, 0.15) is 0 Å². The lowest BCUT2D eigenvalue weighted by molar-refractivity contribution is 0.712. The maximum Gasteiger partial charge on any atom is 0.189 e. The minimum atomic E-state index is 0.0671. The summed E-state index contributed by atoms with van der Waals surface area (Å²) < 4.78 is 0. The Morgan fingerprint density at radius 2 is 2.00 bits per heavy atom. The number of guanidine groups is 1. The number of hydrogen-bond donors (Lipinski definition) is 2. The molecule has 1 atom stereocenters. The smallest absolute Gasteiger partial charge is 0.189 e. The van der Waals surface area contributed by atoms with Crippen molar-refractivity contribution < 1.29 is 0 Å². The third kappa shape index (κ3) is 3.48. The summed E-state index contributed by atoms with van der Waals surface area (Å²) in [6.07, 6.45) is 0. The largest absolute Gasteiger partial charge is 0.370 e. The van der Waals surface area contributed by atoms with Gasteiger partial charge in [0.05, 0.1) is 21.6 Å². The van der Waals surface area contributed by atoms with Crippen molar-refractivity contribution in [3.63, 3.8) is 0 Å². The fourth-order valence-corrected chi connectivity index (χ4v) is 2.45. The van der Waals surface area contributed by atoms with Gasteiger partial charge in [0.25, 0.3) is 0 Å². The maximum atomic E-state index is 5.79. The number of aryl methyl sites for hydroxylation is 2. The van der Waals surface area contributed by atoms with E-state index in [4.69, 9.17) is 5.73 Å². The van der Waals surface area contributed by atoms with Crippen LogP contribution in [0.15, 0.2) is 4.99 Å². The summed E-state index contributed by atoms with van der Waals surface area (Å²) in [5.41, 5.74) is 6.84. The van der Waals surface area contributed by atoms with Crippen LogP contribution < -0.4 is 11.1 Å². The summed E-state index contributed by atoms with van der Waals surface area (Å²) in [6.45, 7) is 10.1. The van der Waals surface area contributed by atoms with E-state index in [2.05, 4.69) is 15.3 Å². The predicted molar refractivity (Wildman–Crippen MR) is 69.9 cm³/mol. The highest BCUT2D eigenvalue weighted by Gasteiger charge is 2.12. The molecule has 0 bridgehead atoms. The van der Waals surface area contributed by atoms with Crippen molar-refractivity contribution in [1.82, 2.24) is 10.3 Å². The van der Waals surface area contributed by atoms with E-state index in [1.807, 2.05) is 34.6 Å². The summed E-state index contributed by atoms with van der Waals surface area (Å²) >= 11 is 1.68. The Labute approximate surface area is 101 Å². The number of aromatic nitrogens is 1. The average Bonchev–Trinajstić information content (AvgIpc) is 2.43. The average molecular weight is 240 g/mol. The Morgan fingerprint density at radius 1 is 1.38 bits per heavy atom. The zero-order valence-corrected chi connectivity index (χ0v) is 11.4. The number of nitrogens with two attached hydrogens (primary N) is 1. The molecule has 0 fully saturated rings. The van der Waals surface area contributed by atoms with Crippen LogP contribution in [0, 0.1) is 13.8 Å². The Balaban J connectivity index is 2.78. The monoisotopic (exact) mass is 240 g/mol. The normalized spacial score (nSPS) is 14.2. The van der Waals surface area contributed by atoms with Gasteiger partial charge in [-0.2, -0.15) is 0 Å². The standard InChI is InChI=1S/C11H20N4S/c1-6(2)13-11(12)15-8(4)10-7(3)14-9(5)16-10/h6,8H,1-5H3,(H3,12,13,15). The molecule has 0 aliphatic heterocycles. The number of hydrogen-bond acceptors (Lipinski definition) is 3. The fourth-order valence-electron chi connectivity index (χ4n) is 1.53. The van der Waals surface area contributed by atoms with Gasteiger partial charge in [0.2, 0.25) is 0 Å². The topological polar surface area (TPSA) is 63.3 Å². The Morgan fingerprint density at radius 3 is 2.44 bits per heavy atom. The summed E-state index contributed by atoms with van der Waals surface area (Å²) in [5.74, 6) is 0.493. The van der Waals surface area contributed by atoms with E-state index in [0.29, 0.717) is 12.0 Å². The molecule has 0 amide bonds. The van der Waals surface area contributed by atoms with Gasteiger partial charge in [-0.3, -0.25) is 0 Å². The number of aliphatic imine (C=N–C) groups is 1. The minimum Gasteiger partial charge on any atom is -0.370 e. The van der Waals surface area contributed by atoms with Gasteiger partial charge < -0.3 is 11.1 Å². The molecule has 0 aromatic carbocycles. The van der Waals surface area contributed by atoms with Gasteiger partial charge in [-0.1, -0.05) is 0 Å². The molecule has 5 heteroatoms. The van der Waals surface area contributed by atoms with Gasteiger partial charge in [-0.15, -0.1) is 11.3 Å². The van der Waals surface area contributed by atoms with E-state index < -0.39 is 0 Å². The molecule has 1 heterocycles. The first-order chi connectivity index (χ1) is 7.40. The summed E-state index contributed by atoms with van der Waals surface area (Å²) in [7, 11) is 0. The quantitative estimate of drug-likeness (QED) is 0.628. The van der Waals surface area contributed by atoms with Crippen molar-refractivity contribution in [3.8, 4) is 0 Å². The van der Waals surface area contributed by atoms with Crippen LogP contribution in [0.2, 0.25) is 0 Å². The molecule has 1 aromatic heterocycles. The van der Waals surface area contributed by atoms with Crippen LogP contribution in [0.4, 0.5) is 0 Å². The summed E-state index contributed by atoms with van der Waals surface area (Å²) in [5, 5.41) is 4.16. The third-order valence-electron chi connectivity index (χ3n) is 2.09. The summed E-state index contributed by atoms with van der Waals surface area (Å²) in [4.78, 5) is 9.99. The van der Waals surface area contributed by atoms with Gasteiger partial charge in [-0.25, -0.2) is 9.98 Å². The molecular weight excluding hydrogens is 220 g/mol. The third-order valence-corrected chi connectivity index (χ3v) is 3.33. The van der Waals surface area contributed by atoms with E-state index >= 15 is 0 Å². The van der Waals surface area contributed by atoms with E-state index in [1.54, 1.807) is 11.3 Å². The lowest BCUT2D eigenvalue weighted by Gasteiger charge is -2.11. The van der Waals surface area contributed by atoms with Crippen LogP contribution in [0.1, 0.15) is 42.4 Å². The number of nitrogens with one attached hydrogen (secondary N) is 1. The van der Waals surface area contributed by atoms with E-state index in [9.17, 15) is 0 Å². The van der Waals surface area contributed by atoms with Gasteiger partial charge >= 0.3 is 0 Å². The first-order valence-electron chi connectivity index (χ1n) is 5.44. The van der Waals surface area contributed by atoms with Crippen molar-refractivity contribution in [2.75, 3.05) is 0 Å². The van der Waals surface area contributed by atoms with Crippen LogP contribution in [-0.2, 0) is 0 Å². The molecule has 0 aliphatic carbocycles. The highest BCUT2D eigenvalue weighted by molar-refractivity contribution is 7.11. The van der Waals surface area contributed by atoms with Gasteiger partial charge in [-0.05, 0) is 34.6 Å². The molecule has 1 unspecified atom stereocenters. The van der Waals surface area contributed by atoms with E-state index in [0.717, 1.165) is 10.7 Å². The lowest BCUT2D eigenvalue weighted by atomic mass is 10.2. The highest BCUT2D eigenvalue weighted by Crippen LogP contribution is 2.26. The molecule has 0 spiro atoms. The van der Waals surface area contributed by atoms with Crippen molar-refractivity contribution in [2.45, 2.75) is 46.7 Å². The molecule has 90 valence electrons. The van der Waals surface area contributed by atoms with Crippen LogP contribution >= 0.6 is 11.3 Å². The van der Waals surface area contributed by atoms with Crippen LogP contribution in [0.5, 0.6) is 0 Å². The predicted octanol–water partition coefficient (Wildman–Crippen LogP) is 2.13. The van der Waals surface area contributed by atoms with E-state index in [-0.39, 0.29) is 6.04 Å².